The molecular weight excluding hydrogens is 293 g/mol. The maximum Gasteiger partial charge on any atom is 0.245 e. The lowest BCUT2D eigenvalue weighted by molar-refractivity contribution is 0.423. The van der Waals surface area contributed by atoms with E-state index in [1.54, 1.807) is 31.2 Å². The third-order valence-electron chi connectivity index (χ3n) is 3.07. The SMILES string of the molecule is CCN(Cc1ccccc1N)S(=O)(=O)c1cncc(F)c1. The molecular formula is C14H16FN3O2S. The van der Waals surface area contributed by atoms with Gasteiger partial charge in [-0.2, -0.15) is 4.31 Å². The number of halogens is 1. The fourth-order valence-electron chi connectivity index (χ4n) is 1.92. The molecule has 0 aliphatic carbocycles. The predicted octanol–water partition coefficient (Wildman–Crippen LogP) is 2.01. The van der Waals surface area contributed by atoms with Crippen LogP contribution in [0.15, 0.2) is 47.6 Å². The molecule has 7 heteroatoms. The summed E-state index contributed by atoms with van der Waals surface area (Å²) < 4.78 is 39.4. The van der Waals surface area contributed by atoms with Gasteiger partial charge in [0.1, 0.15) is 10.7 Å². The van der Waals surface area contributed by atoms with Gasteiger partial charge >= 0.3 is 0 Å². The Morgan fingerprint density at radius 2 is 2.00 bits per heavy atom. The normalized spacial score (nSPS) is 11.8. The zero-order valence-corrected chi connectivity index (χ0v) is 12.3. The van der Waals surface area contributed by atoms with Crippen molar-refractivity contribution in [1.29, 1.82) is 0 Å². The molecule has 0 saturated carbocycles. The van der Waals surface area contributed by atoms with Crippen LogP contribution in [0, 0.1) is 5.82 Å². The van der Waals surface area contributed by atoms with Crippen LogP contribution in [0.3, 0.4) is 0 Å². The lowest BCUT2D eigenvalue weighted by Crippen LogP contribution is -2.31. The van der Waals surface area contributed by atoms with Crippen LogP contribution in [-0.4, -0.2) is 24.3 Å². The van der Waals surface area contributed by atoms with Gasteiger partial charge in [-0.25, -0.2) is 12.8 Å². The first kappa shape index (κ1) is 15.4. The highest BCUT2D eigenvalue weighted by Gasteiger charge is 2.24. The number of nitrogens with two attached hydrogens (primary N) is 1. The summed E-state index contributed by atoms with van der Waals surface area (Å²) in [6, 6.07) is 7.99. The molecule has 0 aliphatic heterocycles. The number of para-hydroxylation sites is 1. The molecule has 2 rings (SSSR count). The molecule has 0 atom stereocenters. The Kier molecular flexibility index (Phi) is 4.54. The minimum absolute atomic E-state index is 0.127. The standard InChI is InChI=1S/C14H16FN3O2S/c1-2-18(10-11-5-3-4-6-14(11)16)21(19,20)13-7-12(15)8-17-9-13/h3-9H,2,10,16H2,1H3. The van der Waals surface area contributed by atoms with Gasteiger partial charge in [0.15, 0.2) is 0 Å². The lowest BCUT2D eigenvalue weighted by atomic mass is 10.2. The molecule has 1 aromatic heterocycles. The minimum Gasteiger partial charge on any atom is -0.398 e. The van der Waals surface area contributed by atoms with Crippen molar-refractivity contribution >= 4 is 15.7 Å². The molecule has 0 spiro atoms. The Hall–Kier alpha value is -1.99. The van der Waals surface area contributed by atoms with Crippen molar-refractivity contribution in [1.82, 2.24) is 9.29 Å². The quantitative estimate of drug-likeness (QED) is 0.857. The fourth-order valence-corrected chi connectivity index (χ4v) is 3.32. The molecule has 0 bridgehead atoms. The molecule has 1 heterocycles. The van der Waals surface area contributed by atoms with E-state index in [1.807, 2.05) is 0 Å². The van der Waals surface area contributed by atoms with Gasteiger partial charge in [-0.15, -0.1) is 0 Å². The average Bonchev–Trinajstić information content (AvgIpc) is 2.46. The highest BCUT2D eigenvalue weighted by Crippen LogP contribution is 2.20. The Balaban J connectivity index is 2.35. The van der Waals surface area contributed by atoms with Crippen molar-refractivity contribution in [2.75, 3.05) is 12.3 Å². The summed E-state index contributed by atoms with van der Waals surface area (Å²) in [5.41, 5.74) is 7.05. The number of hydrogen-bond donors (Lipinski definition) is 1. The molecule has 5 nitrogen and oxygen atoms in total. The highest BCUT2D eigenvalue weighted by molar-refractivity contribution is 7.89. The minimum atomic E-state index is -3.81. The number of benzene rings is 1. The van der Waals surface area contributed by atoms with Gasteiger partial charge in [-0.3, -0.25) is 4.98 Å². The third-order valence-corrected chi connectivity index (χ3v) is 4.96. The average molecular weight is 309 g/mol. The first-order valence-corrected chi connectivity index (χ1v) is 7.83. The molecule has 0 fully saturated rings. The summed E-state index contributed by atoms with van der Waals surface area (Å²) in [7, 11) is -3.81. The molecule has 1 aromatic carbocycles. The monoisotopic (exact) mass is 309 g/mol. The van der Waals surface area contributed by atoms with E-state index in [4.69, 9.17) is 5.73 Å². The second kappa shape index (κ2) is 6.19. The van der Waals surface area contributed by atoms with Crippen LogP contribution >= 0.6 is 0 Å². The largest absolute Gasteiger partial charge is 0.398 e. The van der Waals surface area contributed by atoms with Gasteiger partial charge < -0.3 is 5.73 Å². The predicted molar refractivity (Wildman–Crippen MR) is 78.3 cm³/mol. The second-order valence-corrected chi connectivity index (χ2v) is 6.41. The summed E-state index contributed by atoms with van der Waals surface area (Å²) >= 11 is 0. The van der Waals surface area contributed by atoms with E-state index < -0.39 is 15.8 Å². The van der Waals surface area contributed by atoms with Gasteiger partial charge in [-0.1, -0.05) is 25.1 Å². The van der Waals surface area contributed by atoms with E-state index in [2.05, 4.69) is 4.98 Å². The number of rotatable bonds is 5. The number of anilines is 1. The van der Waals surface area contributed by atoms with Crippen molar-refractivity contribution in [2.24, 2.45) is 0 Å². The first-order valence-electron chi connectivity index (χ1n) is 6.39. The van der Waals surface area contributed by atoms with Crippen LogP contribution in [0.4, 0.5) is 10.1 Å². The summed E-state index contributed by atoms with van der Waals surface area (Å²) in [4.78, 5) is 3.42. The first-order chi connectivity index (χ1) is 9.95. The van der Waals surface area contributed by atoms with E-state index in [0.717, 1.165) is 18.5 Å². The zero-order chi connectivity index (χ0) is 15.5. The van der Waals surface area contributed by atoms with Crippen LogP contribution in [0.2, 0.25) is 0 Å². The van der Waals surface area contributed by atoms with Crippen LogP contribution in [0.5, 0.6) is 0 Å². The van der Waals surface area contributed by atoms with Crippen LogP contribution in [0.1, 0.15) is 12.5 Å². The van der Waals surface area contributed by atoms with Gasteiger partial charge in [0.05, 0.1) is 6.20 Å². The van der Waals surface area contributed by atoms with E-state index in [1.165, 1.54) is 4.31 Å². The topological polar surface area (TPSA) is 76.3 Å². The van der Waals surface area contributed by atoms with E-state index in [9.17, 15) is 12.8 Å². The number of aromatic nitrogens is 1. The molecule has 0 saturated heterocycles. The van der Waals surface area contributed by atoms with Crippen molar-refractivity contribution in [2.45, 2.75) is 18.4 Å². The summed E-state index contributed by atoms with van der Waals surface area (Å²) in [5, 5.41) is 0. The Labute approximate surface area is 123 Å². The number of nitrogen functional groups attached to an aromatic ring is 1. The van der Waals surface area contributed by atoms with Crippen LogP contribution in [0.25, 0.3) is 0 Å². The van der Waals surface area contributed by atoms with E-state index in [-0.39, 0.29) is 18.0 Å². The maximum absolute atomic E-state index is 13.2. The Morgan fingerprint density at radius 1 is 1.29 bits per heavy atom. The summed E-state index contributed by atoms with van der Waals surface area (Å²) in [6.07, 6.45) is 2.10. The van der Waals surface area contributed by atoms with E-state index >= 15 is 0 Å². The van der Waals surface area contributed by atoms with Gasteiger partial charge in [-0.05, 0) is 17.7 Å². The highest BCUT2D eigenvalue weighted by atomic mass is 32.2. The molecule has 2 N–H and O–H groups in total. The Morgan fingerprint density at radius 3 is 2.62 bits per heavy atom. The van der Waals surface area contributed by atoms with Crippen molar-refractivity contribution in [3.8, 4) is 0 Å². The van der Waals surface area contributed by atoms with Crippen LogP contribution in [-0.2, 0) is 16.6 Å². The Bertz CT molecular complexity index is 735. The number of sulfonamides is 1. The smallest absolute Gasteiger partial charge is 0.245 e. The molecule has 21 heavy (non-hydrogen) atoms. The summed E-state index contributed by atoms with van der Waals surface area (Å²) in [6.45, 7) is 2.08. The summed E-state index contributed by atoms with van der Waals surface area (Å²) in [5.74, 6) is -0.689. The second-order valence-electron chi connectivity index (χ2n) is 4.47. The van der Waals surface area contributed by atoms with Gasteiger partial charge in [0.2, 0.25) is 10.0 Å². The fraction of sp³-hybridized carbons (Fsp3) is 0.214. The van der Waals surface area contributed by atoms with Crippen molar-refractivity contribution < 1.29 is 12.8 Å². The lowest BCUT2D eigenvalue weighted by Gasteiger charge is -2.21. The number of pyridine rings is 1. The zero-order valence-electron chi connectivity index (χ0n) is 11.5. The molecule has 0 amide bonds. The van der Waals surface area contributed by atoms with Crippen LogP contribution < -0.4 is 5.73 Å². The van der Waals surface area contributed by atoms with Gasteiger partial charge in [0, 0.05) is 25.0 Å². The van der Waals surface area contributed by atoms with E-state index in [0.29, 0.717) is 11.3 Å². The number of hydrogen-bond acceptors (Lipinski definition) is 4. The number of nitrogens with zero attached hydrogens (tertiary/aromatic N) is 2. The molecule has 2 aromatic rings. The van der Waals surface area contributed by atoms with Gasteiger partial charge in [0.25, 0.3) is 0 Å². The third kappa shape index (κ3) is 3.37. The van der Waals surface area contributed by atoms with Crippen molar-refractivity contribution in [3.05, 3.63) is 54.1 Å². The molecule has 112 valence electrons. The molecule has 0 aliphatic rings. The molecule has 0 unspecified atom stereocenters. The van der Waals surface area contributed by atoms with Crippen molar-refractivity contribution in [3.63, 3.8) is 0 Å². The molecule has 0 radical (unpaired) electrons. The maximum atomic E-state index is 13.2.